The van der Waals surface area contributed by atoms with Crippen LogP contribution in [0.15, 0.2) is 12.3 Å². The molecule has 0 aliphatic rings. The van der Waals surface area contributed by atoms with Crippen LogP contribution >= 0.6 is 0 Å². The molecule has 0 saturated carbocycles. The Labute approximate surface area is 90.5 Å². The van der Waals surface area contributed by atoms with E-state index in [0.717, 1.165) is 0 Å². The van der Waals surface area contributed by atoms with Gasteiger partial charge in [-0.25, -0.2) is 9.37 Å². The second kappa shape index (κ2) is 4.17. The molecule has 0 N–H and O–H groups in total. The molecule has 84 valence electrons. The van der Waals surface area contributed by atoms with Crippen LogP contribution in [0.4, 0.5) is 4.39 Å². The average molecular weight is 211 g/mol. The molecule has 1 aromatic rings. The molecule has 1 aromatic heterocycles. The Kier molecular flexibility index (Phi) is 3.32. The van der Waals surface area contributed by atoms with Crippen LogP contribution in [0.3, 0.4) is 0 Å². The van der Waals surface area contributed by atoms with Gasteiger partial charge in [-0.1, -0.05) is 20.8 Å². The van der Waals surface area contributed by atoms with Crippen molar-refractivity contribution in [2.75, 3.05) is 0 Å². The molecule has 15 heavy (non-hydrogen) atoms. The minimum Gasteiger partial charge on any atom is -0.475 e. The van der Waals surface area contributed by atoms with Crippen LogP contribution in [0, 0.1) is 5.82 Å². The lowest BCUT2D eigenvalue weighted by Gasteiger charge is -2.23. The first-order valence-corrected chi connectivity index (χ1v) is 5.14. The molecule has 1 rings (SSSR count). The fraction of sp³-hybridized carbons (Fsp3) is 0.583. The van der Waals surface area contributed by atoms with Gasteiger partial charge in [0.2, 0.25) is 5.88 Å². The van der Waals surface area contributed by atoms with Crippen LogP contribution in [0.2, 0.25) is 0 Å². The first-order valence-electron chi connectivity index (χ1n) is 5.14. The fourth-order valence-corrected chi connectivity index (χ4v) is 1.41. The van der Waals surface area contributed by atoms with Gasteiger partial charge in [-0.15, -0.1) is 0 Å². The predicted molar refractivity (Wildman–Crippen MR) is 58.7 cm³/mol. The van der Waals surface area contributed by atoms with Crippen molar-refractivity contribution in [1.82, 2.24) is 4.98 Å². The zero-order valence-corrected chi connectivity index (χ0v) is 9.97. The van der Waals surface area contributed by atoms with E-state index in [4.69, 9.17) is 4.74 Å². The second-order valence-corrected chi connectivity index (χ2v) is 4.89. The molecular formula is C12H18FNO. The standard InChI is InChI=1S/C12H18FNO/c1-8(2)15-11-10(12(3,4)5)9(13)6-7-14-11/h6-8H,1-5H3. The van der Waals surface area contributed by atoms with Gasteiger partial charge in [0.05, 0.1) is 11.7 Å². The van der Waals surface area contributed by atoms with E-state index in [9.17, 15) is 4.39 Å². The normalized spacial score (nSPS) is 11.9. The summed E-state index contributed by atoms with van der Waals surface area (Å²) >= 11 is 0. The van der Waals surface area contributed by atoms with Crippen LogP contribution in [0.25, 0.3) is 0 Å². The van der Waals surface area contributed by atoms with Crippen molar-refractivity contribution >= 4 is 0 Å². The molecule has 0 radical (unpaired) electrons. The summed E-state index contributed by atoms with van der Waals surface area (Å²) in [6, 6.07) is 1.37. The third kappa shape index (κ3) is 2.91. The van der Waals surface area contributed by atoms with Crippen LogP contribution in [0.5, 0.6) is 5.88 Å². The predicted octanol–water partition coefficient (Wildman–Crippen LogP) is 3.31. The molecular weight excluding hydrogens is 193 g/mol. The maximum Gasteiger partial charge on any atom is 0.220 e. The van der Waals surface area contributed by atoms with Crippen molar-refractivity contribution in [3.63, 3.8) is 0 Å². The van der Waals surface area contributed by atoms with Crippen LogP contribution in [0.1, 0.15) is 40.2 Å². The zero-order valence-electron chi connectivity index (χ0n) is 9.97. The molecule has 0 amide bonds. The maximum absolute atomic E-state index is 13.7. The first-order chi connectivity index (χ1) is 6.82. The first kappa shape index (κ1) is 12.0. The average Bonchev–Trinajstić information content (AvgIpc) is 1.99. The molecule has 2 nitrogen and oxygen atoms in total. The Morgan fingerprint density at radius 1 is 1.33 bits per heavy atom. The molecule has 0 fully saturated rings. The van der Waals surface area contributed by atoms with E-state index in [0.29, 0.717) is 11.4 Å². The number of nitrogens with zero attached hydrogens (tertiary/aromatic N) is 1. The highest BCUT2D eigenvalue weighted by Crippen LogP contribution is 2.32. The molecule has 0 bridgehead atoms. The summed E-state index contributed by atoms with van der Waals surface area (Å²) in [6.45, 7) is 9.64. The SMILES string of the molecule is CC(C)Oc1nccc(F)c1C(C)(C)C. The molecule has 0 aliphatic heterocycles. The van der Waals surface area contributed by atoms with E-state index in [-0.39, 0.29) is 17.3 Å². The lowest BCUT2D eigenvalue weighted by Crippen LogP contribution is -2.19. The van der Waals surface area contributed by atoms with E-state index in [1.165, 1.54) is 12.3 Å². The Bertz CT molecular complexity index is 342. The number of aromatic nitrogens is 1. The van der Waals surface area contributed by atoms with Crippen molar-refractivity contribution in [2.24, 2.45) is 0 Å². The molecule has 0 aliphatic carbocycles. The van der Waals surface area contributed by atoms with Gasteiger partial charge in [-0.2, -0.15) is 0 Å². The topological polar surface area (TPSA) is 22.1 Å². The summed E-state index contributed by atoms with van der Waals surface area (Å²) in [5, 5.41) is 0. The Morgan fingerprint density at radius 3 is 2.40 bits per heavy atom. The molecule has 0 aromatic carbocycles. The summed E-state index contributed by atoms with van der Waals surface area (Å²) in [5.74, 6) is 0.144. The summed E-state index contributed by atoms with van der Waals surface area (Å²) in [4.78, 5) is 4.08. The van der Waals surface area contributed by atoms with Gasteiger partial charge in [-0.05, 0) is 25.3 Å². The van der Waals surface area contributed by atoms with Crippen molar-refractivity contribution < 1.29 is 9.13 Å². The highest BCUT2D eigenvalue weighted by Gasteiger charge is 2.24. The minimum absolute atomic E-state index is 0.000370. The fourth-order valence-electron chi connectivity index (χ4n) is 1.41. The van der Waals surface area contributed by atoms with Gasteiger partial charge in [0, 0.05) is 6.20 Å². The van der Waals surface area contributed by atoms with Gasteiger partial charge < -0.3 is 4.74 Å². The van der Waals surface area contributed by atoms with Gasteiger partial charge in [0.1, 0.15) is 5.82 Å². The smallest absolute Gasteiger partial charge is 0.220 e. The number of halogens is 1. The third-order valence-corrected chi connectivity index (χ3v) is 1.96. The number of hydrogen-bond donors (Lipinski definition) is 0. The highest BCUT2D eigenvalue weighted by atomic mass is 19.1. The summed E-state index contributed by atoms with van der Waals surface area (Å²) in [5.41, 5.74) is 0.237. The summed E-state index contributed by atoms with van der Waals surface area (Å²) in [6.07, 6.45) is 1.43. The number of ether oxygens (including phenoxy) is 1. The van der Waals surface area contributed by atoms with Gasteiger partial charge in [0.15, 0.2) is 0 Å². The van der Waals surface area contributed by atoms with Crippen molar-refractivity contribution in [3.05, 3.63) is 23.6 Å². The highest BCUT2D eigenvalue weighted by molar-refractivity contribution is 5.33. The zero-order chi connectivity index (χ0) is 11.6. The maximum atomic E-state index is 13.7. The monoisotopic (exact) mass is 211 g/mol. The van der Waals surface area contributed by atoms with Crippen molar-refractivity contribution in [2.45, 2.75) is 46.1 Å². The van der Waals surface area contributed by atoms with Crippen molar-refractivity contribution in [3.8, 4) is 5.88 Å². The van der Waals surface area contributed by atoms with Gasteiger partial charge in [0.25, 0.3) is 0 Å². The summed E-state index contributed by atoms with van der Waals surface area (Å²) < 4.78 is 19.2. The lowest BCUT2D eigenvalue weighted by atomic mass is 9.87. The minimum atomic E-state index is -0.303. The quantitative estimate of drug-likeness (QED) is 0.748. The number of pyridine rings is 1. The van der Waals surface area contributed by atoms with E-state index < -0.39 is 0 Å². The molecule has 0 atom stereocenters. The largest absolute Gasteiger partial charge is 0.475 e. The Hall–Kier alpha value is -1.12. The van der Waals surface area contributed by atoms with Gasteiger partial charge in [-0.3, -0.25) is 0 Å². The van der Waals surface area contributed by atoms with E-state index >= 15 is 0 Å². The number of rotatable bonds is 2. The van der Waals surface area contributed by atoms with E-state index in [2.05, 4.69) is 4.98 Å². The lowest BCUT2D eigenvalue weighted by molar-refractivity contribution is 0.224. The molecule has 0 unspecified atom stereocenters. The molecule has 0 saturated heterocycles. The van der Waals surface area contributed by atoms with Crippen LogP contribution in [-0.2, 0) is 5.41 Å². The molecule has 1 heterocycles. The van der Waals surface area contributed by atoms with Crippen LogP contribution in [-0.4, -0.2) is 11.1 Å². The molecule has 0 spiro atoms. The third-order valence-electron chi connectivity index (χ3n) is 1.96. The van der Waals surface area contributed by atoms with Gasteiger partial charge >= 0.3 is 0 Å². The Morgan fingerprint density at radius 2 is 1.93 bits per heavy atom. The number of hydrogen-bond acceptors (Lipinski definition) is 2. The van der Waals surface area contributed by atoms with E-state index in [1.807, 2.05) is 34.6 Å². The summed E-state index contributed by atoms with van der Waals surface area (Å²) in [7, 11) is 0. The van der Waals surface area contributed by atoms with Crippen LogP contribution < -0.4 is 4.74 Å². The molecule has 3 heteroatoms. The van der Waals surface area contributed by atoms with Crippen molar-refractivity contribution in [1.29, 1.82) is 0 Å². The van der Waals surface area contributed by atoms with E-state index in [1.54, 1.807) is 0 Å². The Balaban J connectivity index is 3.21. The second-order valence-electron chi connectivity index (χ2n) is 4.89.